The van der Waals surface area contributed by atoms with E-state index in [4.69, 9.17) is 5.14 Å². The predicted molar refractivity (Wildman–Crippen MR) is 97.7 cm³/mol. The SMILES string of the molecule is NS(=O)(=O)c1cc(NC(=O)c2c(C(F)(F)F)cnn2CC2CCC(F)(F)CC2)ccn1. The number of amides is 1. The van der Waals surface area contributed by atoms with Gasteiger partial charge >= 0.3 is 6.18 Å². The Hall–Kier alpha value is -2.61. The third-order valence-electron chi connectivity index (χ3n) is 4.91. The van der Waals surface area contributed by atoms with Gasteiger partial charge in [-0.1, -0.05) is 0 Å². The van der Waals surface area contributed by atoms with Crippen LogP contribution in [0.15, 0.2) is 29.6 Å². The highest BCUT2D eigenvalue weighted by atomic mass is 32.2. The Balaban J connectivity index is 1.88. The molecule has 0 saturated heterocycles. The second-order valence-electron chi connectivity index (χ2n) is 7.27. The summed E-state index contributed by atoms with van der Waals surface area (Å²) < 4.78 is 90.6. The zero-order chi connectivity index (χ0) is 23.0. The van der Waals surface area contributed by atoms with Crippen LogP contribution in [-0.4, -0.2) is 35.0 Å². The fourth-order valence-corrected chi connectivity index (χ4v) is 3.83. The van der Waals surface area contributed by atoms with Gasteiger partial charge in [-0.3, -0.25) is 9.48 Å². The minimum Gasteiger partial charge on any atom is -0.320 e. The first-order valence-corrected chi connectivity index (χ1v) is 10.6. The number of sulfonamides is 1. The van der Waals surface area contributed by atoms with Crippen molar-refractivity contribution in [1.82, 2.24) is 14.8 Å². The molecular formula is C17H18F5N5O3S. The van der Waals surface area contributed by atoms with Gasteiger partial charge < -0.3 is 5.32 Å². The first kappa shape index (κ1) is 23.1. The van der Waals surface area contributed by atoms with Gasteiger partial charge in [-0.05, 0) is 24.8 Å². The van der Waals surface area contributed by atoms with Crippen LogP contribution in [0, 0.1) is 5.92 Å². The number of nitrogens with one attached hydrogen (secondary N) is 1. The molecule has 1 amide bonds. The van der Waals surface area contributed by atoms with Crippen LogP contribution >= 0.6 is 0 Å². The summed E-state index contributed by atoms with van der Waals surface area (Å²) >= 11 is 0. The maximum Gasteiger partial charge on any atom is 0.420 e. The van der Waals surface area contributed by atoms with Crippen LogP contribution in [0.25, 0.3) is 0 Å². The molecule has 0 bridgehead atoms. The number of hydrogen-bond donors (Lipinski definition) is 2. The molecule has 0 aromatic carbocycles. The fourth-order valence-electron chi connectivity index (χ4n) is 3.33. The second-order valence-corrected chi connectivity index (χ2v) is 8.78. The molecule has 170 valence electrons. The molecule has 0 unspecified atom stereocenters. The highest BCUT2D eigenvalue weighted by molar-refractivity contribution is 7.89. The second kappa shape index (κ2) is 8.15. The normalized spacial score (nSPS) is 17.5. The molecule has 1 fully saturated rings. The molecule has 0 atom stereocenters. The number of halogens is 5. The Morgan fingerprint density at radius 2 is 1.94 bits per heavy atom. The molecule has 2 heterocycles. The average molecular weight is 467 g/mol. The molecule has 1 aliphatic rings. The van der Waals surface area contributed by atoms with Gasteiger partial charge in [0.1, 0.15) is 11.3 Å². The molecule has 1 saturated carbocycles. The lowest BCUT2D eigenvalue weighted by molar-refractivity contribution is -0.138. The standard InChI is InChI=1S/C17H18F5N5O3S/c18-16(19)4-1-10(2-5-16)9-27-14(12(8-25-27)17(20,21)22)15(28)26-11-3-6-24-13(7-11)31(23,29)30/h3,6-8,10H,1-2,4-5,9H2,(H2,23,29,30)(H,24,26,28). The topological polar surface area (TPSA) is 120 Å². The number of rotatable bonds is 5. The summed E-state index contributed by atoms with van der Waals surface area (Å²) in [6.07, 6.45) is -4.00. The Morgan fingerprint density at radius 1 is 1.29 bits per heavy atom. The molecular weight excluding hydrogens is 449 g/mol. The van der Waals surface area contributed by atoms with Gasteiger partial charge in [-0.15, -0.1) is 0 Å². The van der Waals surface area contributed by atoms with Crippen LogP contribution in [0.4, 0.5) is 27.6 Å². The number of aromatic nitrogens is 3. The van der Waals surface area contributed by atoms with Gasteiger partial charge in [0.2, 0.25) is 5.92 Å². The monoisotopic (exact) mass is 467 g/mol. The maximum atomic E-state index is 13.4. The smallest absolute Gasteiger partial charge is 0.320 e. The minimum absolute atomic E-state index is 0.0807. The summed E-state index contributed by atoms with van der Waals surface area (Å²) in [6, 6.07) is 2.06. The van der Waals surface area contributed by atoms with Crippen molar-refractivity contribution >= 4 is 21.6 Å². The fraction of sp³-hybridized carbons (Fsp3) is 0.471. The molecule has 3 N–H and O–H groups in total. The lowest BCUT2D eigenvalue weighted by atomic mass is 9.87. The van der Waals surface area contributed by atoms with Gasteiger partial charge in [0, 0.05) is 37.3 Å². The first-order chi connectivity index (χ1) is 14.3. The van der Waals surface area contributed by atoms with Crippen molar-refractivity contribution in [3.63, 3.8) is 0 Å². The van der Waals surface area contributed by atoms with Crippen molar-refractivity contribution in [1.29, 1.82) is 0 Å². The molecule has 2 aromatic rings. The van der Waals surface area contributed by atoms with E-state index in [-0.39, 0.29) is 43.8 Å². The molecule has 2 aromatic heterocycles. The van der Waals surface area contributed by atoms with Crippen molar-refractivity contribution in [2.24, 2.45) is 11.1 Å². The van der Waals surface area contributed by atoms with Crippen LogP contribution in [0.1, 0.15) is 41.7 Å². The summed E-state index contributed by atoms with van der Waals surface area (Å²) in [5, 5.41) is 10.2. The first-order valence-electron chi connectivity index (χ1n) is 9.07. The van der Waals surface area contributed by atoms with E-state index in [2.05, 4.69) is 15.4 Å². The molecule has 1 aliphatic carbocycles. The van der Waals surface area contributed by atoms with E-state index in [1.165, 1.54) is 6.07 Å². The summed E-state index contributed by atoms with van der Waals surface area (Å²) in [6.45, 7) is -0.145. The van der Waals surface area contributed by atoms with E-state index in [1.54, 1.807) is 0 Å². The number of carbonyl (C=O) groups is 1. The van der Waals surface area contributed by atoms with Crippen LogP contribution < -0.4 is 10.5 Å². The predicted octanol–water partition coefficient (Wildman–Crippen LogP) is 3.02. The van der Waals surface area contributed by atoms with E-state index in [1.807, 2.05) is 0 Å². The zero-order valence-corrected chi connectivity index (χ0v) is 16.7. The van der Waals surface area contributed by atoms with Crippen LogP contribution in [-0.2, 0) is 22.7 Å². The number of hydrogen-bond acceptors (Lipinski definition) is 5. The quantitative estimate of drug-likeness (QED) is 0.655. The summed E-state index contributed by atoms with van der Waals surface area (Å²) in [7, 11) is -4.20. The molecule has 14 heteroatoms. The number of nitrogens with zero attached hydrogens (tertiary/aromatic N) is 3. The molecule has 3 rings (SSSR count). The number of pyridine rings is 1. The molecule has 0 aliphatic heterocycles. The molecule has 0 spiro atoms. The Bertz CT molecular complexity index is 1070. The van der Waals surface area contributed by atoms with E-state index in [9.17, 15) is 35.2 Å². The van der Waals surface area contributed by atoms with Crippen molar-refractivity contribution in [3.8, 4) is 0 Å². The number of nitrogens with two attached hydrogens (primary N) is 1. The van der Waals surface area contributed by atoms with E-state index in [0.717, 1.165) is 16.9 Å². The molecule has 8 nitrogen and oxygen atoms in total. The molecule has 31 heavy (non-hydrogen) atoms. The third-order valence-corrected chi connectivity index (χ3v) is 5.72. The number of alkyl halides is 5. The van der Waals surface area contributed by atoms with E-state index in [0.29, 0.717) is 6.20 Å². The highest BCUT2D eigenvalue weighted by Crippen LogP contribution is 2.38. The Morgan fingerprint density at radius 3 is 2.52 bits per heavy atom. The Kier molecular flexibility index (Phi) is 6.06. The lowest BCUT2D eigenvalue weighted by Crippen LogP contribution is -2.29. The summed E-state index contributed by atoms with van der Waals surface area (Å²) in [5.41, 5.74) is -2.26. The molecule has 0 radical (unpaired) electrons. The van der Waals surface area contributed by atoms with Crippen molar-refractivity contribution in [2.45, 2.75) is 49.4 Å². The van der Waals surface area contributed by atoms with Crippen LogP contribution in [0.3, 0.4) is 0 Å². The van der Waals surface area contributed by atoms with Gasteiger partial charge in [-0.25, -0.2) is 27.3 Å². The summed E-state index contributed by atoms with van der Waals surface area (Å²) in [4.78, 5) is 16.2. The summed E-state index contributed by atoms with van der Waals surface area (Å²) in [5.74, 6) is -4.38. The number of primary sulfonamides is 1. The average Bonchev–Trinajstić information content (AvgIpc) is 3.07. The van der Waals surface area contributed by atoms with E-state index < -0.39 is 44.3 Å². The zero-order valence-electron chi connectivity index (χ0n) is 15.9. The lowest BCUT2D eigenvalue weighted by Gasteiger charge is -2.28. The number of carbonyl (C=O) groups excluding carboxylic acids is 1. The van der Waals surface area contributed by atoms with Gasteiger partial charge in [-0.2, -0.15) is 18.3 Å². The Labute approximate surface area is 173 Å². The van der Waals surface area contributed by atoms with Gasteiger partial charge in [0.05, 0.1) is 6.20 Å². The van der Waals surface area contributed by atoms with Gasteiger partial charge in [0.15, 0.2) is 5.03 Å². The highest BCUT2D eigenvalue weighted by Gasteiger charge is 2.40. The van der Waals surface area contributed by atoms with Crippen molar-refractivity contribution < 1.29 is 35.2 Å². The van der Waals surface area contributed by atoms with Crippen molar-refractivity contribution in [3.05, 3.63) is 35.8 Å². The minimum atomic E-state index is -4.89. The third kappa shape index (κ3) is 5.55. The van der Waals surface area contributed by atoms with Crippen molar-refractivity contribution in [2.75, 3.05) is 5.32 Å². The van der Waals surface area contributed by atoms with E-state index >= 15 is 0 Å². The van der Waals surface area contributed by atoms with Crippen LogP contribution in [0.2, 0.25) is 0 Å². The maximum absolute atomic E-state index is 13.4. The largest absolute Gasteiger partial charge is 0.420 e. The van der Waals surface area contributed by atoms with Crippen LogP contribution in [0.5, 0.6) is 0 Å². The van der Waals surface area contributed by atoms with Gasteiger partial charge in [0.25, 0.3) is 15.9 Å². The number of anilines is 1.